The fourth-order valence-electron chi connectivity index (χ4n) is 5.25. The second-order valence-electron chi connectivity index (χ2n) is 17.8. The van der Waals surface area contributed by atoms with Gasteiger partial charge in [0.15, 0.2) is 0 Å². The van der Waals surface area contributed by atoms with Crippen molar-refractivity contribution >= 4 is 18.5 Å². The van der Waals surface area contributed by atoms with Crippen LogP contribution >= 0.6 is 0 Å². The van der Waals surface area contributed by atoms with Crippen molar-refractivity contribution < 1.29 is 23.9 Å². The topological polar surface area (TPSA) is 174 Å². The number of hydrogen-bond acceptors (Lipinski definition) is 9. The van der Waals surface area contributed by atoms with Crippen LogP contribution in [-0.2, 0) is 35.5 Å². The first-order valence-corrected chi connectivity index (χ1v) is 21.2. The molecule has 336 valence electrons. The summed E-state index contributed by atoms with van der Waals surface area (Å²) in [5.74, 6) is 0.746. The van der Waals surface area contributed by atoms with E-state index in [0.717, 1.165) is 40.9 Å². The Morgan fingerprint density at radius 2 is 0.889 bits per heavy atom. The minimum Gasteiger partial charge on any atom is -0.444 e. The quantitative estimate of drug-likeness (QED) is 0.144. The molecule has 0 bridgehead atoms. The molecular formula is C52H68N6O5. The van der Waals surface area contributed by atoms with Gasteiger partial charge in [-0.2, -0.15) is 15.8 Å². The number of hydrogen-bond donors (Lipinski definition) is 1. The van der Waals surface area contributed by atoms with E-state index in [1.54, 1.807) is 46.2 Å². The first kappa shape index (κ1) is 54.5. The maximum absolute atomic E-state index is 12.2. The molecule has 0 heterocycles. The van der Waals surface area contributed by atoms with Crippen LogP contribution in [0, 0.1) is 39.9 Å². The van der Waals surface area contributed by atoms with Crippen molar-refractivity contribution in [3.05, 3.63) is 142 Å². The Labute approximate surface area is 377 Å². The Balaban J connectivity index is 0.000000434. The molecule has 11 heteroatoms. The summed E-state index contributed by atoms with van der Waals surface area (Å²) in [6, 6.07) is 35.8. The smallest absolute Gasteiger partial charge is 0.410 e. The number of nitrogens with zero attached hydrogens (tertiary/aromatic N) is 5. The fraction of sp³-hybridized carbons (Fsp3) is 0.423. The van der Waals surface area contributed by atoms with Gasteiger partial charge in [0, 0.05) is 37.3 Å². The molecule has 0 aromatic heterocycles. The average Bonchev–Trinajstić information content (AvgIpc) is 3.23. The lowest BCUT2D eigenvalue weighted by Crippen LogP contribution is -2.40. The number of benzene rings is 4. The van der Waals surface area contributed by atoms with Crippen LogP contribution in [0.3, 0.4) is 0 Å². The molecule has 4 rings (SSSR count). The lowest BCUT2D eigenvalue weighted by molar-refractivity contribution is 0.0161. The Morgan fingerprint density at radius 1 is 0.571 bits per heavy atom. The Morgan fingerprint density at radius 3 is 1.17 bits per heavy atom. The van der Waals surface area contributed by atoms with Crippen LogP contribution in [-0.4, -0.2) is 51.6 Å². The highest BCUT2D eigenvalue weighted by Gasteiger charge is 2.25. The monoisotopic (exact) mass is 857 g/mol. The second kappa shape index (κ2) is 27.5. The van der Waals surface area contributed by atoms with Crippen molar-refractivity contribution in [2.24, 2.45) is 11.7 Å². The molecule has 0 aliphatic rings. The van der Waals surface area contributed by atoms with Crippen LogP contribution in [0.1, 0.15) is 139 Å². The zero-order chi connectivity index (χ0) is 47.8. The maximum Gasteiger partial charge on any atom is 0.410 e. The van der Waals surface area contributed by atoms with Crippen molar-refractivity contribution in [2.45, 2.75) is 139 Å². The van der Waals surface area contributed by atoms with Crippen LogP contribution in [0.2, 0.25) is 0 Å². The third-order valence-electron chi connectivity index (χ3n) is 8.82. The summed E-state index contributed by atoms with van der Waals surface area (Å²) >= 11 is 0. The molecule has 11 nitrogen and oxygen atoms in total. The summed E-state index contributed by atoms with van der Waals surface area (Å²) in [6.45, 7) is 25.0. The fourth-order valence-corrected chi connectivity index (χ4v) is 5.25. The number of rotatable bonds is 11. The van der Waals surface area contributed by atoms with E-state index in [-0.39, 0.29) is 24.3 Å². The van der Waals surface area contributed by atoms with Gasteiger partial charge in [-0.15, -0.1) is 0 Å². The largest absolute Gasteiger partial charge is 0.444 e. The van der Waals surface area contributed by atoms with Gasteiger partial charge in [0.25, 0.3) is 0 Å². The second-order valence-corrected chi connectivity index (χ2v) is 17.8. The minimum atomic E-state index is -0.505. The van der Waals surface area contributed by atoms with E-state index in [0.29, 0.717) is 36.3 Å². The Kier molecular flexibility index (Phi) is 23.8. The van der Waals surface area contributed by atoms with Crippen molar-refractivity contribution in [3.8, 4) is 18.2 Å². The highest BCUT2D eigenvalue weighted by Crippen LogP contribution is 2.17. The van der Waals surface area contributed by atoms with Gasteiger partial charge in [-0.1, -0.05) is 74.5 Å². The molecule has 2 N–H and O–H groups in total. The molecule has 0 fully saturated rings. The maximum atomic E-state index is 12.2. The summed E-state index contributed by atoms with van der Waals surface area (Å²) in [5.41, 5.74) is 11.6. The molecule has 0 saturated carbocycles. The molecule has 4 aromatic carbocycles. The van der Waals surface area contributed by atoms with Crippen molar-refractivity contribution in [1.29, 1.82) is 15.8 Å². The van der Waals surface area contributed by atoms with Gasteiger partial charge in [-0.25, -0.2) is 9.59 Å². The van der Waals surface area contributed by atoms with Crippen LogP contribution in [0.5, 0.6) is 0 Å². The zero-order valence-corrected chi connectivity index (χ0v) is 39.4. The highest BCUT2D eigenvalue weighted by atomic mass is 16.6. The average molecular weight is 857 g/mol. The summed E-state index contributed by atoms with van der Waals surface area (Å²) in [7, 11) is 0. The molecule has 4 aromatic rings. The van der Waals surface area contributed by atoms with E-state index in [9.17, 15) is 14.4 Å². The van der Waals surface area contributed by atoms with E-state index in [1.807, 2.05) is 136 Å². The van der Waals surface area contributed by atoms with E-state index >= 15 is 0 Å². The molecule has 2 amide bonds. The highest BCUT2D eigenvalue weighted by molar-refractivity contribution is 5.74. The lowest BCUT2D eigenvalue weighted by Gasteiger charge is -2.30. The van der Waals surface area contributed by atoms with Crippen LogP contribution in [0.15, 0.2) is 97.1 Å². The van der Waals surface area contributed by atoms with Gasteiger partial charge >= 0.3 is 12.2 Å². The number of carbonyl (C=O) groups is 3. The van der Waals surface area contributed by atoms with Crippen LogP contribution in [0.4, 0.5) is 9.59 Å². The summed E-state index contributed by atoms with van der Waals surface area (Å²) < 4.78 is 10.9. The van der Waals surface area contributed by atoms with Gasteiger partial charge in [-0.3, -0.25) is 4.79 Å². The summed E-state index contributed by atoms with van der Waals surface area (Å²) in [6.07, 6.45) is 2.48. The molecule has 0 unspecified atom stereocenters. The molecule has 0 spiro atoms. The Hall–Kier alpha value is -6.48. The normalized spacial score (nSPS) is 10.6. The number of nitriles is 3. The van der Waals surface area contributed by atoms with E-state index < -0.39 is 11.2 Å². The van der Waals surface area contributed by atoms with Gasteiger partial charge in [0.05, 0.1) is 34.9 Å². The van der Waals surface area contributed by atoms with Gasteiger partial charge in [0.1, 0.15) is 17.5 Å². The van der Waals surface area contributed by atoms with Crippen LogP contribution in [0.25, 0.3) is 0 Å². The van der Waals surface area contributed by atoms with E-state index in [2.05, 4.69) is 26.0 Å². The summed E-state index contributed by atoms with van der Waals surface area (Å²) in [5, 5.41) is 25.7. The van der Waals surface area contributed by atoms with Gasteiger partial charge in [0.2, 0.25) is 0 Å². The number of carbonyl (C=O) groups excluding carboxylic acids is 3. The molecule has 0 radical (unpaired) electrons. The number of amides is 2. The third-order valence-corrected chi connectivity index (χ3v) is 8.82. The number of aryl methyl sites for hydroxylation is 1. The Bertz CT molecular complexity index is 2090. The molecule has 63 heavy (non-hydrogen) atoms. The zero-order valence-electron chi connectivity index (χ0n) is 39.4. The minimum absolute atomic E-state index is 0.0421. The van der Waals surface area contributed by atoms with Crippen molar-refractivity contribution in [1.82, 2.24) is 9.80 Å². The predicted molar refractivity (Wildman–Crippen MR) is 250 cm³/mol. The van der Waals surface area contributed by atoms with Crippen molar-refractivity contribution in [2.75, 3.05) is 0 Å². The molecular weight excluding hydrogens is 789 g/mol. The molecule has 0 saturated heterocycles. The third kappa shape index (κ3) is 23.4. The lowest BCUT2D eigenvalue weighted by atomic mass is 10.0. The summed E-state index contributed by atoms with van der Waals surface area (Å²) in [4.78, 5) is 37.9. The first-order chi connectivity index (χ1) is 29.5. The van der Waals surface area contributed by atoms with Gasteiger partial charge in [-0.05, 0) is 147 Å². The molecule has 0 atom stereocenters. The van der Waals surface area contributed by atoms with Crippen LogP contribution < -0.4 is 5.73 Å². The van der Waals surface area contributed by atoms with E-state index in [4.69, 9.17) is 31.0 Å². The predicted octanol–water partition coefficient (Wildman–Crippen LogP) is 11.5. The standard InChI is InChI=1S/C16H26N2O2.C16H22N2O2.C12H15N.C8H5NO/c2*1-12(2)18(15(19)20-16(3,4)5)11-14-8-6-13(10-17)7-9-14;1-10(2)3-4-11-5-7-12(9-13)8-6-11;9-5-7-1-3-8(6-10)4-2-7/h6-9,12H,10-11,17H2,1-5H3;6-9,12H,11H2,1-5H3;5-8,10H,3-4H2,1-2H3;1-4,6H. The first-order valence-electron chi connectivity index (χ1n) is 21.2. The molecule has 0 aliphatic heterocycles. The number of nitrogens with two attached hydrogens (primary N) is 1. The van der Waals surface area contributed by atoms with Gasteiger partial charge < -0.3 is 25.0 Å². The molecule has 0 aliphatic carbocycles. The SMILES string of the molecule is CC(C)CCc1ccc(C#N)cc1.CC(C)N(Cc1ccc(C#N)cc1)C(=O)OC(C)(C)C.CC(C)N(Cc1ccc(CN)cc1)C(=O)OC(C)(C)C.N#Cc1ccc(C=O)cc1. The number of aldehydes is 1. The van der Waals surface area contributed by atoms with Crippen molar-refractivity contribution in [3.63, 3.8) is 0 Å². The number of ether oxygens (including phenoxy) is 2. The van der Waals surface area contributed by atoms with E-state index in [1.165, 1.54) is 12.0 Å².